The van der Waals surface area contributed by atoms with E-state index in [4.69, 9.17) is 4.99 Å². The van der Waals surface area contributed by atoms with Crippen molar-refractivity contribution >= 4 is 29.9 Å². The molecule has 0 unspecified atom stereocenters. The average molecular weight is 422 g/mol. The first kappa shape index (κ1) is 20.0. The van der Waals surface area contributed by atoms with Gasteiger partial charge >= 0.3 is 0 Å². The molecule has 2 fully saturated rings. The number of rotatable bonds is 6. The molecular weight excluding hydrogens is 387 g/mol. The van der Waals surface area contributed by atoms with Gasteiger partial charge in [-0.25, -0.2) is 0 Å². The van der Waals surface area contributed by atoms with Crippen molar-refractivity contribution in [3.8, 4) is 0 Å². The molecule has 5 heteroatoms. The summed E-state index contributed by atoms with van der Waals surface area (Å²) >= 11 is 0. The van der Waals surface area contributed by atoms with Crippen molar-refractivity contribution in [2.24, 2.45) is 10.9 Å². The molecule has 2 N–H and O–H groups in total. The van der Waals surface area contributed by atoms with E-state index in [2.05, 4.69) is 29.4 Å². The van der Waals surface area contributed by atoms with Gasteiger partial charge in [0.2, 0.25) is 0 Å². The average Bonchev–Trinajstić information content (AvgIpc) is 2.99. The van der Waals surface area contributed by atoms with Gasteiger partial charge in [0.05, 0.1) is 0 Å². The highest BCUT2D eigenvalue weighted by Crippen LogP contribution is 2.23. The summed E-state index contributed by atoms with van der Waals surface area (Å²) in [5.74, 6) is 1.93. The molecule has 130 valence electrons. The highest BCUT2D eigenvalue weighted by atomic mass is 127. The van der Waals surface area contributed by atoms with E-state index in [1.165, 1.54) is 64.6 Å². The van der Waals surface area contributed by atoms with Crippen molar-refractivity contribution in [3.63, 3.8) is 0 Å². The molecule has 0 radical (unpaired) electrons. The lowest BCUT2D eigenvalue weighted by Gasteiger charge is -2.28. The van der Waals surface area contributed by atoms with Crippen LogP contribution in [0.1, 0.15) is 58.8 Å². The molecule has 1 saturated carbocycles. The molecule has 1 saturated heterocycles. The normalized spacial score (nSPS) is 26.5. The molecule has 0 amide bonds. The minimum Gasteiger partial charge on any atom is -0.357 e. The molecule has 0 aromatic rings. The Labute approximate surface area is 153 Å². The number of nitrogens with one attached hydrogen (secondary N) is 2. The Morgan fingerprint density at radius 2 is 1.82 bits per heavy atom. The van der Waals surface area contributed by atoms with E-state index in [0.29, 0.717) is 6.04 Å². The zero-order valence-electron chi connectivity index (χ0n) is 14.4. The number of guanidine groups is 1. The van der Waals surface area contributed by atoms with Crippen LogP contribution in [0, 0.1) is 5.92 Å². The molecule has 2 aliphatic rings. The Morgan fingerprint density at radius 1 is 1.14 bits per heavy atom. The van der Waals surface area contributed by atoms with E-state index in [0.717, 1.165) is 25.0 Å². The highest BCUT2D eigenvalue weighted by Gasteiger charge is 2.18. The summed E-state index contributed by atoms with van der Waals surface area (Å²) in [6.07, 6.45) is 9.23. The molecule has 0 spiro atoms. The summed E-state index contributed by atoms with van der Waals surface area (Å²) in [4.78, 5) is 7.32. The lowest BCUT2D eigenvalue weighted by Crippen LogP contribution is -2.44. The summed E-state index contributed by atoms with van der Waals surface area (Å²) in [6, 6.07) is 0.623. The van der Waals surface area contributed by atoms with Gasteiger partial charge in [-0.3, -0.25) is 4.99 Å². The van der Waals surface area contributed by atoms with Gasteiger partial charge in [0.25, 0.3) is 0 Å². The Bertz CT molecular complexity index is 308. The number of likely N-dealkylation sites (tertiary alicyclic amines) is 1. The van der Waals surface area contributed by atoms with E-state index in [-0.39, 0.29) is 24.0 Å². The fourth-order valence-corrected chi connectivity index (χ4v) is 3.41. The van der Waals surface area contributed by atoms with Crippen molar-refractivity contribution < 1.29 is 0 Å². The van der Waals surface area contributed by atoms with Crippen LogP contribution >= 0.6 is 24.0 Å². The quantitative estimate of drug-likeness (QED) is 0.299. The van der Waals surface area contributed by atoms with Crippen molar-refractivity contribution in [1.29, 1.82) is 0 Å². The first-order valence-electron chi connectivity index (χ1n) is 9.05. The van der Waals surface area contributed by atoms with E-state index in [1.807, 2.05) is 0 Å². The maximum absolute atomic E-state index is 4.76. The van der Waals surface area contributed by atoms with Gasteiger partial charge in [0.1, 0.15) is 0 Å². The molecule has 0 aromatic carbocycles. The Kier molecular flexibility index (Phi) is 10.4. The fraction of sp³-hybridized carbons (Fsp3) is 0.941. The van der Waals surface area contributed by atoms with Crippen molar-refractivity contribution in [2.45, 2.75) is 64.8 Å². The minimum absolute atomic E-state index is 0. The SMILES string of the molecule is CCNC(=NCCCN1CCCC1)NC1CCC(C)CC1.I. The molecule has 1 heterocycles. The highest BCUT2D eigenvalue weighted by molar-refractivity contribution is 14.0. The number of hydrogen-bond donors (Lipinski definition) is 2. The molecule has 22 heavy (non-hydrogen) atoms. The first-order chi connectivity index (χ1) is 10.3. The molecule has 2 rings (SSSR count). The van der Waals surface area contributed by atoms with Gasteiger partial charge in [0, 0.05) is 19.1 Å². The second kappa shape index (κ2) is 11.5. The van der Waals surface area contributed by atoms with Crippen LogP contribution in [0.25, 0.3) is 0 Å². The summed E-state index contributed by atoms with van der Waals surface area (Å²) < 4.78 is 0. The van der Waals surface area contributed by atoms with Crippen LogP contribution in [0.4, 0.5) is 0 Å². The maximum Gasteiger partial charge on any atom is 0.191 e. The number of hydrogen-bond acceptors (Lipinski definition) is 2. The molecule has 0 atom stereocenters. The third kappa shape index (κ3) is 7.49. The van der Waals surface area contributed by atoms with E-state index >= 15 is 0 Å². The van der Waals surface area contributed by atoms with Crippen LogP contribution in [0.15, 0.2) is 4.99 Å². The second-order valence-electron chi connectivity index (χ2n) is 6.76. The van der Waals surface area contributed by atoms with Crippen molar-refractivity contribution in [1.82, 2.24) is 15.5 Å². The van der Waals surface area contributed by atoms with Crippen molar-refractivity contribution in [2.75, 3.05) is 32.7 Å². The number of nitrogens with zero attached hydrogens (tertiary/aromatic N) is 2. The second-order valence-corrected chi connectivity index (χ2v) is 6.76. The molecule has 4 nitrogen and oxygen atoms in total. The van der Waals surface area contributed by atoms with Crippen molar-refractivity contribution in [3.05, 3.63) is 0 Å². The van der Waals surface area contributed by atoms with Crippen LogP contribution in [-0.2, 0) is 0 Å². The summed E-state index contributed by atoms with van der Waals surface area (Å²) in [7, 11) is 0. The summed E-state index contributed by atoms with van der Waals surface area (Å²) in [6.45, 7) is 10.2. The van der Waals surface area contributed by atoms with E-state index < -0.39 is 0 Å². The van der Waals surface area contributed by atoms with E-state index in [1.54, 1.807) is 0 Å². The van der Waals surface area contributed by atoms with Gasteiger partial charge in [-0.05, 0) is 77.4 Å². The lowest BCUT2D eigenvalue weighted by atomic mass is 9.87. The van der Waals surface area contributed by atoms with Gasteiger partial charge < -0.3 is 15.5 Å². The predicted octanol–water partition coefficient (Wildman–Crippen LogP) is 3.22. The van der Waals surface area contributed by atoms with Gasteiger partial charge in [-0.2, -0.15) is 0 Å². The van der Waals surface area contributed by atoms with Crippen LogP contribution in [0.5, 0.6) is 0 Å². The molecule has 1 aliphatic carbocycles. The smallest absolute Gasteiger partial charge is 0.191 e. The Morgan fingerprint density at radius 3 is 2.45 bits per heavy atom. The Balaban J connectivity index is 0.00000242. The molecule has 0 aromatic heterocycles. The number of halogens is 1. The minimum atomic E-state index is 0. The van der Waals surface area contributed by atoms with Crippen LogP contribution in [-0.4, -0.2) is 49.6 Å². The largest absolute Gasteiger partial charge is 0.357 e. The topological polar surface area (TPSA) is 39.7 Å². The molecule has 0 bridgehead atoms. The molecule has 1 aliphatic heterocycles. The summed E-state index contributed by atoms with van der Waals surface area (Å²) in [5, 5.41) is 7.03. The fourth-order valence-electron chi connectivity index (χ4n) is 3.41. The first-order valence-corrected chi connectivity index (χ1v) is 9.05. The Hall–Kier alpha value is -0.0400. The third-order valence-electron chi connectivity index (χ3n) is 4.80. The van der Waals surface area contributed by atoms with Crippen LogP contribution in [0.2, 0.25) is 0 Å². The van der Waals surface area contributed by atoms with Gasteiger partial charge in [-0.1, -0.05) is 6.92 Å². The maximum atomic E-state index is 4.76. The van der Waals surface area contributed by atoms with E-state index in [9.17, 15) is 0 Å². The van der Waals surface area contributed by atoms with Crippen LogP contribution in [0.3, 0.4) is 0 Å². The lowest BCUT2D eigenvalue weighted by molar-refractivity contribution is 0.328. The van der Waals surface area contributed by atoms with Gasteiger partial charge in [0.15, 0.2) is 5.96 Å². The standard InChI is InChI=1S/C17H34N4.HI/c1-3-18-17(20-16-9-7-15(2)8-10-16)19-11-6-14-21-12-4-5-13-21;/h15-16H,3-14H2,1-2H3,(H2,18,19,20);1H. The van der Waals surface area contributed by atoms with Gasteiger partial charge in [-0.15, -0.1) is 24.0 Å². The van der Waals surface area contributed by atoms with Crippen LogP contribution < -0.4 is 10.6 Å². The monoisotopic (exact) mass is 422 g/mol. The summed E-state index contributed by atoms with van der Waals surface area (Å²) in [5.41, 5.74) is 0. The predicted molar refractivity (Wildman–Crippen MR) is 106 cm³/mol. The third-order valence-corrected chi connectivity index (χ3v) is 4.80. The zero-order chi connectivity index (χ0) is 14.9. The number of aliphatic imine (C=N–C) groups is 1. The molecular formula is C17H35IN4. The zero-order valence-corrected chi connectivity index (χ0v) is 16.8.